The third-order valence-electron chi connectivity index (χ3n) is 3.13. The molecule has 112 valence electrons. The number of anilines is 1. The quantitative estimate of drug-likeness (QED) is 0.781. The van der Waals surface area contributed by atoms with Crippen molar-refractivity contribution in [1.29, 1.82) is 5.26 Å². The van der Waals surface area contributed by atoms with Crippen LogP contribution in [0, 0.1) is 17.1 Å². The summed E-state index contributed by atoms with van der Waals surface area (Å²) in [5.74, 6) is -1.13. The summed E-state index contributed by atoms with van der Waals surface area (Å²) in [6.07, 6.45) is 2.85. The van der Waals surface area contributed by atoms with E-state index in [1.165, 1.54) is 36.7 Å². The predicted molar refractivity (Wildman–Crippen MR) is 83.6 cm³/mol. The van der Waals surface area contributed by atoms with Gasteiger partial charge in [-0.1, -0.05) is 11.6 Å². The second kappa shape index (κ2) is 5.99. The van der Waals surface area contributed by atoms with Gasteiger partial charge in [0.1, 0.15) is 17.4 Å². The van der Waals surface area contributed by atoms with E-state index >= 15 is 0 Å². The van der Waals surface area contributed by atoms with Crippen molar-refractivity contribution in [3.63, 3.8) is 0 Å². The van der Waals surface area contributed by atoms with E-state index in [0.29, 0.717) is 16.8 Å². The van der Waals surface area contributed by atoms with Gasteiger partial charge in [-0.25, -0.2) is 4.39 Å². The largest absolute Gasteiger partial charge is 0.322 e. The summed E-state index contributed by atoms with van der Waals surface area (Å²) < 4.78 is 13.7. The van der Waals surface area contributed by atoms with Crippen LogP contribution < -0.4 is 5.32 Å². The molecule has 3 aromatic rings. The van der Waals surface area contributed by atoms with Crippen LogP contribution in [0.2, 0.25) is 5.02 Å². The molecule has 0 spiro atoms. The Balaban J connectivity index is 1.98. The first-order chi connectivity index (χ1) is 11.1. The highest BCUT2D eigenvalue weighted by atomic mass is 35.5. The summed E-state index contributed by atoms with van der Waals surface area (Å²) in [6.45, 7) is 0. The molecule has 1 amide bonds. The van der Waals surface area contributed by atoms with Crippen LogP contribution in [0.3, 0.4) is 0 Å². The summed E-state index contributed by atoms with van der Waals surface area (Å²) in [4.78, 5) is 20.5. The minimum absolute atomic E-state index is 0.0635. The van der Waals surface area contributed by atoms with Crippen LogP contribution in [0.4, 0.5) is 10.1 Å². The number of hydrogen-bond acceptors (Lipinski definition) is 4. The zero-order valence-corrected chi connectivity index (χ0v) is 12.3. The Morgan fingerprint density at radius 2 is 2.00 bits per heavy atom. The maximum Gasteiger partial charge on any atom is 0.258 e. The fraction of sp³-hybridized carbons (Fsp3) is 0. The Labute approximate surface area is 135 Å². The number of nitrogens with one attached hydrogen (secondary N) is 1. The van der Waals surface area contributed by atoms with E-state index in [-0.39, 0.29) is 16.1 Å². The Morgan fingerprint density at radius 3 is 2.74 bits per heavy atom. The first-order valence-electron chi connectivity index (χ1n) is 6.50. The second-order valence-electron chi connectivity index (χ2n) is 4.64. The normalized spacial score (nSPS) is 10.3. The Bertz CT molecular complexity index is 968. The number of nitriles is 1. The highest BCUT2D eigenvalue weighted by Gasteiger charge is 2.14. The SMILES string of the molecule is N#Cc1ccc(NC(=O)c2cc(F)cc3nccnc23)cc1Cl. The number of carbonyl (C=O) groups is 1. The van der Waals surface area contributed by atoms with Crippen molar-refractivity contribution in [1.82, 2.24) is 9.97 Å². The van der Waals surface area contributed by atoms with E-state index in [1.54, 1.807) is 0 Å². The number of fused-ring (bicyclic) bond motifs is 1. The average Bonchev–Trinajstić information content (AvgIpc) is 2.54. The van der Waals surface area contributed by atoms with Gasteiger partial charge in [0.2, 0.25) is 0 Å². The Hall–Kier alpha value is -3.04. The van der Waals surface area contributed by atoms with E-state index in [0.717, 1.165) is 6.07 Å². The van der Waals surface area contributed by atoms with Gasteiger partial charge in [-0.05, 0) is 24.3 Å². The van der Waals surface area contributed by atoms with Crippen molar-refractivity contribution in [3.8, 4) is 6.07 Å². The van der Waals surface area contributed by atoms with Crippen molar-refractivity contribution in [2.75, 3.05) is 5.32 Å². The van der Waals surface area contributed by atoms with Crippen molar-refractivity contribution in [3.05, 3.63) is 64.7 Å². The minimum atomic E-state index is -0.582. The van der Waals surface area contributed by atoms with Gasteiger partial charge in [-0.3, -0.25) is 14.8 Å². The molecule has 2 aromatic carbocycles. The molecule has 0 saturated carbocycles. The number of aromatic nitrogens is 2. The number of benzene rings is 2. The number of carbonyl (C=O) groups excluding carboxylic acids is 1. The molecule has 1 heterocycles. The topological polar surface area (TPSA) is 78.7 Å². The van der Waals surface area contributed by atoms with Gasteiger partial charge in [0.15, 0.2) is 0 Å². The van der Waals surface area contributed by atoms with Gasteiger partial charge < -0.3 is 5.32 Å². The minimum Gasteiger partial charge on any atom is -0.322 e. The molecule has 0 unspecified atom stereocenters. The van der Waals surface area contributed by atoms with Gasteiger partial charge in [0.05, 0.1) is 21.7 Å². The standard InChI is InChI=1S/C16H8ClFN4O/c17-13-7-11(2-1-9(13)8-19)22-16(23)12-5-10(18)6-14-15(12)21-4-3-20-14/h1-7H,(H,22,23). The number of halogens is 2. The van der Waals surface area contributed by atoms with E-state index in [4.69, 9.17) is 16.9 Å². The molecule has 0 aliphatic rings. The molecule has 3 rings (SSSR count). The molecule has 0 atom stereocenters. The fourth-order valence-corrected chi connectivity index (χ4v) is 2.32. The van der Waals surface area contributed by atoms with E-state index in [1.807, 2.05) is 6.07 Å². The maximum absolute atomic E-state index is 13.7. The van der Waals surface area contributed by atoms with Crippen LogP contribution in [0.15, 0.2) is 42.7 Å². The zero-order valence-electron chi connectivity index (χ0n) is 11.5. The van der Waals surface area contributed by atoms with E-state index in [2.05, 4.69) is 15.3 Å². The van der Waals surface area contributed by atoms with E-state index < -0.39 is 11.7 Å². The highest BCUT2D eigenvalue weighted by Crippen LogP contribution is 2.22. The summed E-state index contributed by atoms with van der Waals surface area (Å²) in [5, 5.41) is 11.7. The van der Waals surface area contributed by atoms with Crippen molar-refractivity contribution >= 4 is 34.2 Å². The van der Waals surface area contributed by atoms with Crippen LogP contribution in [0.5, 0.6) is 0 Å². The number of rotatable bonds is 2. The molecule has 7 heteroatoms. The molecular weight excluding hydrogens is 319 g/mol. The molecule has 1 aromatic heterocycles. The number of hydrogen-bond donors (Lipinski definition) is 1. The fourth-order valence-electron chi connectivity index (χ4n) is 2.10. The smallest absolute Gasteiger partial charge is 0.258 e. The molecule has 23 heavy (non-hydrogen) atoms. The lowest BCUT2D eigenvalue weighted by Crippen LogP contribution is -2.13. The highest BCUT2D eigenvalue weighted by molar-refractivity contribution is 6.32. The van der Waals surface area contributed by atoms with Gasteiger partial charge in [-0.2, -0.15) is 5.26 Å². The van der Waals surface area contributed by atoms with E-state index in [9.17, 15) is 9.18 Å². The molecule has 0 saturated heterocycles. The van der Waals surface area contributed by atoms with Gasteiger partial charge in [-0.15, -0.1) is 0 Å². The monoisotopic (exact) mass is 326 g/mol. The van der Waals surface area contributed by atoms with Gasteiger partial charge in [0.25, 0.3) is 5.91 Å². The van der Waals surface area contributed by atoms with Crippen molar-refractivity contribution in [2.45, 2.75) is 0 Å². The van der Waals surface area contributed by atoms with Crippen LogP contribution in [-0.2, 0) is 0 Å². The predicted octanol–water partition coefficient (Wildman–Crippen LogP) is 3.55. The zero-order chi connectivity index (χ0) is 16.4. The van der Waals surface area contributed by atoms with Crippen LogP contribution in [-0.4, -0.2) is 15.9 Å². The lowest BCUT2D eigenvalue weighted by Gasteiger charge is -2.08. The molecule has 5 nitrogen and oxygen atoms in total. The molecule has 0 aliphatic carbocycles. The summed E-state index contributed by atoms with van der Waals surface area (Å²) in [7, 11) is 0. The molecule has 0 aliphatic heterocycles. The van der Waals surface area contributed by atoms with Crippen LogP contribution in [0.25, 0.3) is 11.0 Å². The van der Waals surface area contributed by atoms with Crippen molar-refractivity contribution < 1.29 is 9.18 Å². The second-order valence-corrected chi connectivity index (χ2v) is 5.05. The number of nitrogens with zero attached hydrogens (tertiary/aromatic N) is 3. The third-order valence-corrected chi connectivity index (χ3v) is 3.44. The molecule has 0 radical (unpaired) electrons. The maximum atomic E-state index is 13.7. The Morgan fingerprint density at radius 1 is 1.22 bits per heavy atom. The first kappa shape index (κ1) is 14.9. The van der Waals surface area contributed by atoms with Crippen molar-refractivity contribution in [2.24, 2.45) is 0 Å². The molecule has 1 N–H and O–H groups in total. The van der Waals surface area contributed by atoms with Crippen LogP contribution >= 0.6 is 11.6 Å². The summed E-state index contributed by atoms with van der Waals surface area (Å²) >= 11 is 5.92. The first-order valence-corrected chi connectivity index (χ1v) is 6.87. The number of amides is 1. The van der Waals surface area contributed by atoms with Gasteiger partial charge >= 0.3 is 0 Å². The summed E-state index contributed by atoms with van der Waals surface area (Å²) in [6, 6.07) is 8.70. The molecule has 0 bridgehead atoms. The summed E-state index contributed by atoms with van der Waals surface area (Å²) in [5.41, 5.74) is 1.34. The molecular formula is C16H8ClFN4O. The van der Waals surface area contributed by atoms with Crippen LogP contribution in [0.1, 0.15) is 15.9 Å². The lowest BCUT2D eigenvalue weighted by molar-refractivity contribution is 0.102. The third kappa shape index (κ3) is 2.96. The Kier molecular flexibility index (Phi) is 3.87. The average molecular weight is 327 g/mol. The van der Waals surface area contributed by atoms with Gasteiger partial charge in [0, 0.05) is 24.1 Å². The molecule has 0 fully saturated rings. The lowest BCUT2D eigenvalue weighted by atomic mass is 10.1.